The van der Waals surface area contributed by atoms with Crippen LogP contribution in [0.1, 0.15) is 19.3 Å². The van der Waals surface area contributed by atoms with Crippen LogP contribution in [0.15, 0.2) is 0 Å². The van der Waals surface area contributed by atoms with Crippen molar-refractivity contribution in [3.8, 4) is 6.07 Å². The van der Waals surface area contributed by atoms with Crippen LogP contribution in [0.5, 0.6) is 0 Å². The fourth-order valence-corrected chi connectivity index (χ4v) is 1.30. The Bertz CT molecular complexity index is 266. The average molecular weight is 272 g/mol. The lowest BCUT2D eigenvalue weighted by molar-refractivity contribution is -0.131. The Hall–Kier alpha value is -1.16. The summed E-state index contributed by atoms with van der Waals surface area (Å²) in [6.45, 7) is 3.31. The largest absolute Gasteiger partial charge is 0.382 e. The van der Waals surface area contributed by atoms with Gasteiger partial charge in [0, 0.05) is 33.9 Å². The molecule has 0 saturated carbocycles. The number of amides is 1. The van der Waals surface area contributed by atoms with E-state index in [0.717, 1.165) is 6.42 Å². The van der Waals surface area contributed by atoms with Gasteiger partial charge in [-0.05, 0) is 6.42 Å². The molecule has 0 aromatic rings. The van der Waals surface area contributed by atoms with Gasteiger partial charge >= 0.3 is 0 Å². The number of carbonyl (C=O) groups is 1. The number of nitrogens with zero attached hydrogens (tertiary/aromatic N) is 2. The molecule has 1 amide bonds. The van der Waals surface area contributed by atoms with Crippen molar-refractivity contribution in [3.63, 3.8) is 0 Å². The quantitative estimate of drug-likeness (QED) is 0.492. The molecule has 0 saturated heterocycles. The predicted octanol–water partition coefficient (Wildman–Crippen LogP) is 0.818. The minimum atomic E-state index is 0.00611. The molecule has 0 aliphatic rings. The van der Waals surface area contributed by atoms with E-state index in [1.54, 1.807) is 19.1 Å². The van der Waals surface area contributed by atoms with E-state index in [4.69, 9.17) is 19.5 Å². The van der Waals surface area contributed by atoms with E-state index in [0.29, 0.717) is 52.4 Å². The summed E-state index contributed by atoms with van der Waals surface area (Å²) >= 11 is 0. The van der Waals surface area contributed by atoms with Gasteiger partial charge in [-0.2, -0.15) is 5.26 Å². The summed E-state index contributed by atoms with van der Waals surface area (Å²) in [5.74, 6) is 0.00611. The third-order valence-corrected chi connectivity index (χ3v) is 2.45. The van der Waals surface area contributed by atoms with Crippen molar-refractivity contribution >= 4 is 5.91 Å². The SMILES string of the molecule is COCCOCCCOCCC(=O)N(C)CCC#N. The molecular formula is C13H24N2O4. The van der Waals surface area contributed by atoms with Gasteiger partial charge in [-0.3, -0.25) is 4.79 Å². The van der Waals surface area contributed by atoms with Gasteiger partial charge in [0.05, 0.1) is 38.7 Å². The minimum absolute atomic E-state index is 0.00611. The van der Waals surface area contributed by atoms with E-state index in [2.05, 4.69) is 0 Å². The summed E-state index contributed by atoms with van der Waals surface area (Å²) in [7, 11) is 3.33. The fourth-order valence-electron chi connectivity index (χ4n) is 1.30. The molecule has 0 heterocycles. The molecule has 0 fully saturated rings. The molecule has 6 nitrogen and oxygen atoms in total. The second-order valence-corrected chi connectivity index (χ2v) is 4.04. The lowest BCUT2D eigenvalue weighted by Gasteiger charge is -2.15. The summed E-state index contributed by atoms with van der Waals surface area (Å²) in [6, 6.07) is 2.01. The molecule has 0 aromatic carbocycles. The van der Waals surface area contributed by atoms with Gasteiger partial charge in [0.15, 0.2) is 0 Å². The van der Waals surface area contributed by atoms with Crippen molar-refractivity contribution in [1.29, 1.82) is 5.26 Å². The highest BCUT2D eigenvalue weighted by Gasteiger charge is 2.07. The lowest BCUT2D eigenvalue weighted by atomic mass is 10.3. The number of nitriles is 1. The van der Waals surface area contributed by atoms with Crippen LogP contribution in [0.25, 0.3) is 0 Å². The van der Waals surface area contributed by atoms with Gasteiger partial charge in [0.1, 0.15) is 0 Å². The summed E-state index contributed by atoms with van der Waals surface area (Å²) in [6.07, 6.45) is 1.52. The smallest absolute Gasteiger partial charge is 0.224 e. The maximum absolute atomic E-state index is 11.6. The van der Waals surface area contributed by atoms with Crippen LogP contribution in [-0.4, -0.2) is 64.5 Å². The van der Waals surface area contributed by atoms with E-state index in [-0.39, 0.29) is 5.91 Å². The van der Waals surface area contributed by atoms with Crippen LogP contribution in [0, 0.1) is 11.3 Å². The zero-order chi connectivity index (χ0) is 14.3. The summed E-state index contributed by atoms with van der Waals surface area (Å²) in [4.78, 5) is 13.1. The van der Waals surface area contributed by atoms with Gasteiger partial charge in [-0.15, -0.1) is 0 Å². The maximum atomic E-state index is 11.6. The van der Waals surface area contributed by atoms with Crippen molar-refractivity contribution in [1.82, 2.24) is 4.90 Å². The molecular weight excluding hydrogens is 248 g/mol. The molecule has 0 unspecified atom stereocenters. The van der Waals surface area contributed by atoms with Crippen LogP contribution < -0.4 is 0 Å². The van der Waals surface area contributed by atoms with Crippen LogP contribution in [0.4, 0.5) is 0 Å². The fraction of sp³-hybridized carbons (Fsp3) is 0.846. The maximum Gasteiger partial charge on any atom is 0.224 e. The van der Waals surface area contributed by atoms with Crippen LogP contribution >= 0.6 is 0 Å². The first-order valence-electron chi connectivity index (χ1n) is 6.47. The van der Waals surface area contributed by atoms with Crippen molar-refractivity contribution in [3.05, 3.63) is 0 Å². The molecule has 0 N–H and O–H groups in total. The Morgan fingerprint density at radius 2 is 1.84 bits per heavy atom. The average Bonchev–Trinajstić information content (AvgIpc) is 2.42. The Labute approximate surface area is 115 Å². The van der Waals surface area contributed by atoms with Gasteiger partial charge in [0.2, 0.25) is 5.91 Å². The minimum Gasteiger partial charge on any atom is -0.382 e. The topological polar surface area (TPSA) is 71.8 Å². The third kappa shape index (κ3) is 11.7. The molecule has 0 radical (unpaired) electrons. The molecule has 0 rings (SSSR count). The third-order valence-electron chi connectivity index (χ3n) is 2.45. The van der Waals surface area contributed by atoms with Crippen molar-refractivity contribution in [2.45, 2.75) is 19.3 Å². The van der Waals surface area contributed by atoms with Crippen LogP contribution in [0.2, 0.25) is 0 Å². The van der Waals surface area contributed by atoms with Crippen LogP contribution in [0.3, 0.4) is 0 Å². The Balaban J connectivity index is 3.29. The number of ether oxygens (including phenoxy) is 3. The lowest BCUT2D eigenvalue weighted by Crippen LogP contribution is -2.28. The molecule has 0 aliphatic carbocycles. The van der Waals surface area contributed by atoms with E-state index >= 15 is 0 Å². The number of rotatable bonds is 12. The summed E-state index contributed by atoms with van der Waals surface area (Å²) < 4.78 is 15.5. The monoisotopic (exact) mass is 272 g/mol. The number of methoxy groups -OCH3 is 1. The molecule has 0 aliphatic heterocycles. The van der Waals surface area contributed by atoms with E-state index < -0.39 is 0 Å². The Kier molecular flexibility index (Phi) is 12.5. The highest BCUT2D eigenvalue weighted by molar-refractivity contribution is 5.75. The summed E-state index contributed by atoms with van der Waals surface area (Å²) in [5.41, 5.74) is 0. The number of hydrogen-bond acceptors (Lipinski definition) is 5. The Morgan fingerprint density at radius 1 is 1.16 bits per heavy atom. The molecule has 110 valence electrons. The van der Waals surface area contributed by atoms with Gasteiger partial charge < -0.3 is 19.1 Å². The predicted molar refractivity (Wildman–Crippen MR) is 70.6 cm³/mol. The molecule has 0 atom stereocenters. The van der Waals surface area contributed by atoms with Gasteiger partial charge in [-0.1, -0.05) is 0 Å². The van der Waals surface area contributed by atoms with E-state index in [9.17, 15) is 4.79 Å². The van der Waals surface area contributed by atoms with Crippen molar-refractivity contribution in [2.24, 2.45) is 0 Å². The van der Waals surface area contributed by atoms with E-state index in [1.165, 1.54) is 0 Å². The zero-order valence-electron chi connectivity index (χ0n) is 11.9. The summed E-state index contributed by atoms with van der Waals surface area (Å²) in [5, 5.41) is 8.42. The normalized spacial score (nSPS) is 10.2. The molecule has 0 spiro atoms. The second-order valence-electron chi connectivity index (χ2n) is 4.04. The second kappa shape index (κ2) is 13.3. The first kappa shape index (κ1) is 17.8. The standard InChI is InChI=1S/C13H24N2O4/c1-15(7-3-6-14)13(16)5-10-18-8-4-9-19-12-11-17-2/h3-5,7-12H2,1-2H3. The van der Waals surface area contributed by atoms with Crippen molar-refractivity contribution < 1.29 is 19.0 Å². The molecule has 6 heteroatoms. The molecule has 0 aromatic heterocycles. The molecule has 0 bridgehead atoms. The van der Waals surface area contributed by atoms with Crippen molar-refractivity contribution in [2.75, 3.05) is 53.7 Å². The molecule has 19 heavy (non-hydrogen) atoms. The van der Waals surface area contributed by atoms with Crippen LogP contribution in [-0.2, 0) is 19.0 Å². The first-order chi connectivity index (χ1) is 9.22. The van der Waals surface area contributed by atoms with E-state index in [1.807, 2.05) is 6.07 Å². The van der Waals surface area contributed by atoms with Gasteiger partial charge in [-0.25, -0.2) is 0 Å². The number of hydrogen-bond donors (Lipinski definition) is 0. The van der Waals surface area contributed by atoms with Gasteiger partial charge in [0.25, 0.3) is 0 Å². The highest BCUT2D eigenvalue weighted by Crippen LogP contribution is 1.94. The first-order valence-corrected chi connectivity index (χ1v) is 6.47. The zero-order valence-corrected chi connectivity index (χ0v) is 11.9. The number of carbonyl (C=O) groups excluding carboxylic acids is 1. The highest BCUT2D eigenvalue weighted by atomic mass is 16.5. The Morgan fingerprint density at radius 3 is 2.47 bits per heavy atom.